The highest BCUT2D eigenvalue weighted by Crippen LogP contribution is 2.40. The summed E-state index contributed by atoms with van der Waals surface area (Å²) in [7, 11) is 3.18. The lowest BCUT2D eigenvalue weighted by Gasteiger charge is -2.47. The van der Waals surface area contributed by atoms with Gasteiger partial charge in [0.2, 0.25) is 0 Å². The minimum Gasteiger partial charge on any atom is -0.493 e. The zero-order valence-corrected chi connectivity index (χ0v) is 14.8. The van der Waals surface area contributed by atoms with Crippen LogP contribution in [0.1, 0.15) is 29.6 Å². The minimum atomic E-state index is -0.277. The lowest BCUT2D eigenvalue weighted by Crippen LogP contribution is -2.50. The van der Waals surface area contributed by atoms with Gasteiger partial charge in [-0.3, -0.25) is 0 Å². The lowest BCUT2D eigenvalue weighted by molar-refractivity contribution is -0.0304. The summed E-state index contributed by atoms with van der Waals surface area (Å²) in [5.41, 5.74) is 1.55. The van der Waals surface area contributed by atoms with Gasteiger partial charge < -0.3 is 24.1 Å². The Morgan fingerprint density at radius 1 is 1.12 bits per heavy atom. The molecule has 2 bridgehead atoms. The molecule has 0 saturated carbocycles. The highest BCUT2D eigenvalue weighted by Gasteiger charge is 2.40. The molecule has 134 valence electrons. The predicted octanol–water partition coefficient (Wildman–Crippen LogP) is 2.83. The fourth-order valence-electron chi connectivity index (χ4n) is 4.03. The molecule has 1 N–H and O–H groups in total. The number of benzene rings is 1. The number of carbonyl (C=O) groups is 1. The van der Waals surface area contributed by atoms with Crippen molar-refractivity contribution in [3.63, 3.8) is 0 Å². The molecule has 3 aliphatic heterocycles. The highest BCUT2D eigenvalue weighted by molar-refractivity contribution is 6.05. The Morgan fingerprint density at radius 2 is 1.76 bits per heavy atom. The number of rotatable bonds is 5. The molecule has 6 nitrogen and oxygen atoms in total. The summed E-state index contributed by atoms with van der Waals surface area (Å²) in [6.45, 7) is 3.89. The number of H-pyrrole nitrogens is 1. The van der Waals surface area contributed by atoms with Crippen LogP contribution in [-0.2, 0) is 4.74 Å². The third-order valence-electron chi connectivity index (χ3n) is 5.79. The number of carbonyl (C=O) groups excluding carboxylic acids is 1. The molecule has 0 spiro atoms. The van der Waals surface area contributed by atoms with E-state index in [1.54, 1.807) is 20.4 Å². The van der Waals surface area contributed by atoms with Crippen molar-refractivity contribution in [2.24, 2.45) is 5.41 Å². The smallest absolute Gasteiger partial charge is 0.340 e. The molecular formula is C19H24N2O4. The molecule has 0 unspecified atom stereocenters. The van der Waals surface area contributed by atoms with Crippen LogP contribution in [0.15, 0.2) is 18.3 Å². The third kappa shape index (κ3) is 2.84. The molecule has 6 heteroatoms. The third-order valence-corrected chi connectivity index (χ3v) is 5.79. The van der Waals surface area contributed by atoms with E-state index in [-0.39, 0.29) is 11.4 Å². The predicted molar refractivity (Wildman–Crippen MR) is 94.4 cm³/mol. The number of ether oxygens (including phenoxy) is 3. The van der Waals surface area contributed by atoms with E-state index in [4.69, 9.17) is 14.2 Å². The molecular weight excluding hydrogens is 320 g/mol. The molecule has 1 aromatic heterocycles. The normalized spacial score (nSPS) is 25.1. The van der Waals surface area contributed by atoms with Crippen LogP contribution < -0.4 is 9.47 Å². The van der Waals surface area contributed by atoms with Gasteiger partial charge in [0.05, 0.1) is 31.9 Å². The molecule has 3 aliphatic rings. The van der Waals surface area contributed by atoms with Gasteiger partial charge in [0.15, 0.2) is 11.5 Å². The second kappa shape index (κ2) is 6.26. The zero-order valence-electron chi connectivity index (χ0n) is 14.8. The Labute approximate surface area is 147 Å². The molecule has 0 amide bonds. The van der Waals surface area contributed by atoms with E-state index in [0.717, 1.165) is 49.8 Å². The number of hydrogen-bond donors (Lipinski definition) is 1. The van der Waals surface area contributed by atoms with Crippen molar-refractivity contribution < 1.29 is 19.0 Å². The van der Waals surface area contributed by atoms with Crippen molar-refractivity contribution in [2.45, 2.75) is 19.3 Å². The summed E-state index contributed by atoms with van der Waals surface area (Å²) < 4.78 is 16.4. The minimum absolute atomic E-state index is 0.178. The van der Waals surface area contributed by atoms with Crippen LogP contribution in [0.5, 0.6) is 11.5 Å². The molecule has 1 aromatic carbocycles. The van der Waals surface area contributed by atoms with Crippen molar-refractivity contribution in [3.05, 3.63) is 23.9 Å². The first-order valence-corrected chi connectivity index (χ1v) is 8.77. The van der Waals surface area contributed by atoms with Crippen LogP contribution in [0.25, 0.3) is 10.9 Å². The number of methoxy groups -OCH3 is 2. The van der Waals surface area contributed by atoms with Gasteiger partial charge >= 0.3 is 5.97 Å². The van der Waals surface area contributed by atoms with Crippen molar-refractivity contribution >= 4 is 16.9 Å². The van der Waals surface area contributed by atoms with E-state index in [1.807, 2.05) is 12.1 Å². The van der Waals surface area contributed by atoms with Gasteiger partial charge in [-0.25, -0.2) is 4.79 Å². The second-order valence-corrected chi connectivity index (χ2v) is 7.12. The van der Waals surface area contributed by atoms with Crippen molar-refractivity contribution in [2.75, 3.05) is 40.5 Å². The Kier molecular flexibility index (Phi) is 4.07. The van der Waals surface area contributed by atoms with Gasteiger partial charge in [-0.1, -0.05) is 0 Å². The van der Waals surface area contributed by atoms with Crippen molar-refractivity contribution in [1.29, 1.82) is 0 Å². The average molecular weight is 344 g/mol. The summed E-state index contributed by atoms with van der Waals surface area (Å²) in [5.74, 6) is 0.951. The number of fused-ring (bicyclic) bond motifs is 4. The van der Waals surface area contributed by atoms with E-state index in [0.29, 0.717) is 23.7 Å². The molecule has 0 atom stereocenters. The van der Waals surface area contributed by atoms with Gasteiger partial charge in [0.1, 0.15) is 0 Å². The SMILES string of the molecule is COc1cc2[nH]cc(C(=O)OCC34CCN(CC3)CC4)c2cc1OC. The molecule has 0 aliphatic carbocycles. The molecule has 2 aromatic rings. The number of aromatic nitrogens is 1. The summed E-state index contributed by atoms with van der Waals surface area (Å²) in [6, 6.07) is 3.65. The maximum absolute atomic E-state index is 12.7. The Bertz CT molecular complexity index is 776. The Balaban J connectivity index is 1.54. The Morgan fingerprint density at radius 3 is 2.40 bits per heavy atom. The van der Waals surface area contributed by atoms with Crippen LogP contribution in [0, 0.1) is 5.41 Å². The van der Waals surface area contributed by atoms with E-state index in [2.05, 4.69) is 9.88 Å². The largest absolute Gasteiger partial charge is 0.493 e. The monoisotopic (exact) mass is 344 g/mol. The van der Waals surface area contributed by atoms with Gasteiger partial charge in [-0.15, -0.1) is 0 Å². The van der Waals surface area contributed by atoms with Crippen molar-refractivity contribution in [3.8, 4) is 11.5 Å². The molecule has 3 fully saturated rings. The summed E-state index contributed by atoms with van der Waals surface area (Å²) in [5, 5.41) is 0.790. The molecule has 5 rings (SSSR count). The first-order valence-electron chi connectivity index (χ1n) is 8.77. The van der Waals surface area contributed by atoms with E-state index < -0.39 is 0 Å². The molecule has 25 heavy (non-hydrogen) atoms. The summed E-state index contributed by atoms with van der Waals surface area (Å²) in [6.07, 6.45) is 5.07. The number of esters is 1. The zero-order chi connectivity index (χ0) is 17.4. The quantitative estimate of drug-likeness (QED) is 0.845. The standard InChI is InChI=1S/C19H24N2O4/c1-23-16-9-13-14(11-20-15(13)10-17(16)24-2)18(22)25-12-19-3-6-21(7-4-19)8-5-19/h9-11,20H,3-8,12H2,1-2H3. The number of nitrogens with one attached hydrogen (secondary N) is 1. The summed E-state index contributed by atoms with van der Waals surface area (Å²) >= 11 is 0. The maximum atomic E-state index is 12.7. The number of nitrogens with zero attached hydrogens (tertiary/aromatic N) is 1. The van der Waals surface area contributed by atoms with Gasteiger partial charge in [0.25, 0.3) is 0 Å². The average Bonchev–Trinajstić information content (AvgIpc) is 3.09. The maximum Gasteiger partial charge on any atom is 0.340 e. The topological polar surface area (TPSA) is 63.8 Å². The van der Waals surface area contributed by atoms with Crippen LogP contribution >= 0.6 is 0 Å². The van der Waals surface area contributed by atoms with Gasteiger partial charge in [-0.05, 0) is 45.0 Å². The molecule has 4 heterocycles. The first kappa shape index (κ1) is 16.3. The van der Waals surface area contributed by atoms with Crippen LogP contribution in [0.4, 0.5) is 0 Å². The fraction of sp³-hybridized carbons (Fsp3) is 0.526. The molecule has 0 radical (unpaired) electrons. The van der Waals surface area contributed by atoms with Gasteiger partial charge in [0, 0.05) is 23.1 Å². The highest BCUT2D eigenvalue weighted by atomic mass is 16.5. The van der Waals surface area contributed by atoms with E-state index in [1.165, 1.54) is 0 Å². The van der Waals surface area contributed by atoms with E-state index in [9.17, 15) is 4.79 Å². The van der Waals surface area contributed by atoms with Crippen LogP contribution in [-0.4, -0.2) is 56.3 Å². The van der Waals surface area contributed by atoms with E-state index >= 15 is 0 Å². The lowest BCUT2D eigenvalue weighted by atomic mass is 9.73. The number of piperidine rings is 3. The van der Waals surface area contributed by atoms with Crippen LogP contribution in [0.2, 0.25) is 0 Å². The second-order valence-electron chi connectivity index (χ2n) is 7.12. The first-order chi connectivity index (χ1) is 12.1. The molecule has 3 saturated heterocycles. The fourth-order valence-corrected chi connectivity index (χ4v) is 4.03. The van der Waals surface area contributed by atoms with Crippen LogP contribution in [0.3, 0.4) is 0 Å². The Hall–Kier alpha value is -2.21. The van der Waals surface area contributed by atoms with Crippen molar-refractivity contribution in [1.82, 2.24) is 9.88 Å². The number of aromatic amines is 1. The summed E-state index contributed by atoms with van der Waals surface area (Å²) in [4.78, 5) is 18.3. The van der Waals surface area contributed by atoms with Gasteiger partial charge in [-0.2, -0.15) is 0 Å². The number of hydrogen-bond acceptors (Lipinski definition) is 5.